The fourth-order valence-electron chi connectivity index (χ4n) is 2.19. The van der Waals surface area contributed by atoms with Gasteiger partial charge in [-0.05, 0) is 42.4 Å². The molecule has 0 amide bonds. The maximum absolute atomic E-state index is 5.29. The molecule has 2 rings (SSSR count). The van der Waals surface area contributed by atoms with Gasteiger partial charge in [0.05, 0.1) is 20.3 Å². The van der Waals surface area contributed by atoms with Crippen molar-refractivity contribution >= 4 is 15.9 Å². The smallest absolute Gasteiger partial charge is 0.120 e. The molecule has 1 N–H and O–H groups in total. The third-order valence-corrected chi connectivity index (χ3v) is 3.92. The highest BCUT2D eigenvalue weighted by atomic mass is 79.9. The van der Waals surface area contributed by atoms with Crippen LogP contribution < -0.4 is 14.8 Å². The zero-order chi connectivity index (χ0) is 14.5. The summed E-state index contributed by atoms with van der Waals surface area (Å²) < 4.78 is 11.5. The second-order valence-electron chi connectivity index (χ2n) is 4.39. The Balaban J connectivity index is 2.41. The Bertz CT molecular complexity index is 586. The summed E-state index contributed by atoms with van der Waals surface area (Å²) in [5.74, 6) is 1.69. The molecule has 20 heavy (non-hydrogen) atoms. The molecule has 0 aliphatic rings. The molecule has 0 fully saturated rings. The van der Waals surface area contributed by atoms with Crippen molar-refractivity contribution in [3.05, 3.63) is 58.1 Å². The van der Waals surface area contributed by atoms with E-state index in [2.05, 4.69) is 33.4 Å². The van der Waals surface area contributed by atoms with Gasteiger partial charge in [-0.15, -0.1) is 0 Å². The van der Waals surface area contributed by atoms with Gasteiger partial charge in [0.1, 0.15) is 11.5 Å². The van der Waals surface area contributed by atoms with Crippen molar-refractivity contribution in [1.82, 2.24) is 5.32 Å². The third kappa shape index (κ3) is 3.14. The van der Waals surface area contributed by atoms with Crippen LogP contribution >= 0.6 is 15.9 Å². The molecule has 1 unspecified atom stereocenters. The van der Waals surface area contributed by atoms with Crippen LogP contribution in [0.25, 0.3) is 0 Å². The third-order valence-electron chi connectivity index (χ3n) is 3.23. The number of hydrogen-bond donors (Lipinski definition) is 1. The van der Waals surface area contributed by atoms with Gasteiger partial charge in [-0.1, -0.05) is 34.1 Å². The van der Waals surface area contributed by atoms with Crippen molar-refractivity contribution in [3.8, 4) is 11.5 Å². The van der Waals surface area contributed by atoms with Crippen LogP contribution in [-0.2, 0) is 0 Å². The van der Waals surface area contributed by atoms with Crippen LogP contribution in [0.4, 0.5) is 0 Å². The highest BCUT2D eigenvalue weighted by Gasteiger charge is 2.16. The van der Waals surface area contributed by atoms with Gasteiger partial charge >= 0.3 is 0 Å². The average Bonchev–Trinajstić information content (AvgIpc) is 2.49. The van der Waals surface area contributed by atoms with Crippen LogP contribution in [0.15, 0.2) is 46.9 Å². The second kappa shape index (κ2) is 6.77. The van der Waals surface area contributed by atoms with Gasteiger partial charge in [-0.2, -0.15) is 0 Å². The van der Waals surface area contributed by atoms with E-state index in [1.165, 1.54) is 0 Å². The van der Waals surface area contributed by atoms with E-state index >= 15 is 0 Å². The van der Waals surface area contributed by atoms with Crippen molar-refractivity contribution in [3.63, 3.8) is 0 Å². The first-order valence-corrected chi connectivity index (χ1v) is 7.13. The number of hydrogen-bond acceptors (Lipinski definition) is 3. The molecule has 0 spiro atoms. The van der Waals surface area contributed by atoms with Crippen molar-refractivity contribution < 1.29 is 9.47 Å². The summed E-state index contributed by atoms with van der Waals surface area (Å²) in [6, 6.07) is 14.1. The van der Waals surface area contributed by atoms with E-state index in [4.69, 9.17) is 9.47 Å². The van der Waals surface area contributed by atoms with Crippen molar-refractivity contribution in [2.24, 2.45) is 0 Å². The lowest BCUT2D eigenvalue weighted by Gasteiger charge is -2.19. The van der Waals surface area contributed by atoms with Gasteiger partial charge in [0.2, 0.25) is 0 Å². The van der Waals surface area contributed by atoms with Gasteiger partial charge in [0.15, 0.2) is 0 Å². The Morgan fingerprint density at radius 2 is 1.70 bits per heavy atom. The first-order valence-electron chi connectivity index (χ1n) is 6.34. The van der Waals surface area contributed by atoms with Gasteiger partial charge in [0.25, 0.3) is 0 Å². The van der Waals surface area contributed by atoms with Gasteiger partial charge in [-0.25, -0.2) is 0 Å². The zero-order valence-electron chi connectivity index (χ0n) is 11.8. The van der Waals surface area contributed by atoms with E-state index in [1.54, 1.807) is 14.2 Å². The molecule has 3 nitrogen and oxygen atoms in total. The minimum Gasteiger partial charge on any atom is -0.497 e. The fraction of sp³-hybridized carbons (Fsp3) is 0.250. The maximum atomic E-state index is 5.29. The highest BCUT2D eigenvalue weighted by Crippen LogP contribution is 2.32. The Labute approximate surface area is 128 Å². The number of benzene rings is 2. The molecule has 0 bridgehead atoms. The van der Waals surface area contributed by atoms with E-state index in [1.807, 2.05) is 37.4 Å². The van der Waals surface area contributed by atoms with Crippen LogP contribution in [0.2, 0.25) is 0 Å². The van der Waals surface area contributed by atoms with Crippen molar-refractivity contribution in [1.29, 1.82) is 0 Å². The molecule has 0 saturated carbocycles. The Morgan fingerprint density at radius 3 is 2.30 bits per heavy atom. The van der Waals surface area contributed by atoms with Crippen LogP contribution in [0.3, 0.4) is 0 Å². The molecule has 106 valence electrons. The first kappa shape index (κ1) is 14.9. The molecule has 1 atom stereocenters. The number of nitrogens with one attached hydrogen (secondary N) is 1. The number of methoxy groups -OCH3 is 2. The van der Waals surface area contributed by atoms with Crippen LogP contribution in [0.5, 0.6) is 11.5 Å². The lowest BCUT2D eigenvalue weighted by molar-refractivity contribution is 0.413. The summed E-state index contributed by atoms with van der Waals surface area (Å²) in [7, 11) is 5.29. The second-order valence-corrected chi connectivity index (χ2v) is 5.24. The summed E-state index contributed by atoms with van der Waals surface area (Å²) in [4.78, 5) is 0. The normalized spacial score (nSPS) is 12.0. The number of rotatable bonds is 5. The standard InChI is InChI=1S/C16H18BrNO2/c1-18-16(11-5-4-6-12(9-11)19-2)14-8-7-13(20-3)10-15(14)17/h4-10,16,18H,1-3H3. The molecule has 4 heteroatoms. The van der Waals surface area contributed by atoms with E-state index < -0.39 is 0 Å². The number of ether oxygens (including phenoxy) is 2. The lowest BCUT2D eigenvalue weighted by atomic mass is 9.98. The molecule has 2 aromatic rings. The van der Waals surface area contributed by atoms with E-state index in [-0.39, 0.29) is 6.04 Å². The van der Waals surface area contributed by atoms with Crippen LogP contribution in [0.1, 0.15) is 17.2 Å². The van der Waals surface area contributed by atoms with Crippen LogP contribution in [-0.4, -0.2) is 21.3 Å². The largest absolute Gasteiger partial charge is 0.497 e. The zero-order valence-corrected chi connectivity index (χ0v) is 13.4. The van der Waals surface area contributed by atoms with E-state index in [9.17, 15) is 0 Å². The Hall–Kier alpha value is -1.52. The fourth-order valence-corrected chi connectivity index (χ4v) is 2.78. The molecule has 0 aliphatic heterocycles. The molecular formula is C16H18BrNO2. The van der Waals surface area contributed by atoms with Crippen LogP contribution in [0, 0.1) is 0 Å². The summed E-state index contributed by atoms with van der Waals surface area (Å²) in [6.45, 7) is 0. The van der Waals surface area contributed by atoms with Gasteiger partial charge in [0, 0.05) is 4.47 Å². The highest BCUT2D eigenvalue weighted by molar-refractivity contribution is 9.10. The van der Waals surface area contributed by atoms with Gasteiger partial charge < -0.3 is 14.8 Å². The first-order chi connectivity index (χ1) is 9.69. The average molecular weight is 336 g/mol. The minimum absolute atomic E-state index is 0.0883. The van der Waals surface area contributed by atoms with E-state index in [0.717, 1.165) is 27.1 Å². The molecule has 0 saturated heterocycles. The predicted octanol–water partition coefficient (Wildman–Crippen LogP) is 3.78. The van der Waals surface area contributed by atoms with Gasteiger partial charge in [-0.3, -0.25) is 0 Å². The molecule has 0 aliphatic carbocycles. The monoisotopic (exact) mass is 335 g/mol. The van der Waals surface area contributed by atoms with E-state index in [0.29, 0.717) is 0 Å². The minimum atomic E-state index is 0.0883. The summed E-state index contributed by atoms with van der Waals surface area (Å²) in [5.41, 5.74) is 2.30. The SMILES string of the molecule is CNC(c1cccc(OC)c1)c1ccc(OC)cc1Br. The molecule has 0 radical (unpaired) electrons. The number of halogens is 1. The predicted molar refractivity (Wildman–Crippen MR) is 84.6 cm³/mol. The Morgan fingerprint density at radius 1 is 1.00 bits per heavy atom. The molecular weight excluding hydrogens is 318 g/mol. The lowest BCUT2D eigenvalue weighted by Crippen LogP contribution is -2.18. The molecule has 0 aromatic heterocycles. The molecule has 2 aromatic carbocycles. The summed E-state index contributed by atoms with van der Waals surface area (Å²) in [6.07, 6.45) is 0. The summed E-state index contributed by atoms with van der Waals surface area (Å²) >= 11 is 3.61. The quantitative estimate of drug-likeness (QED) is 0.902. The van der Waals surface area contributed by atoms with Crippen molar-refractivity contribution in [2.75, 3.05) is 21.3 Å². The topological polar surface area (TPSA) is 30.5 Å². The van der Waals surface area contributed by atoms with Crippen molar-refractivity contribution in [2.45, 2.75) is 6.04 Å². The Kier molecular flexibility index (Phi) is 5.04. The maximum Gasteiger partial charge on any atom is 0.120 e. The molecule has 0 heterocycles. The summed E-state index contributed by atoms with van der Waals surface area (Å²) in [5, 5.41) is 3.34.